The fourth-order valence-corrected chi connectivity index (χ4v) is 2.64. The summed E-state index contributed by atoms with van der Waals surface area (Å²) in [5.41, 5.74) is 1.90. The van der Waals surface area contributed by atoms with E-state index in [9.17, 15) is 9.59 Å². The van der Waals surface area contributed by atoms with Gasteiger partial charge in [-0.25, -0.2) is 4.98 Å². The fraction of sp³-hybridized carbons (Fsp3) is 0.353. The standard InChI is InChI=1S/C17H19N3O3/c1-3-14-18-13-10-20(7-8-23-15(13)16(21)19-14)17(22)12-6-4-5-11(2)9-12/h4-6,9H,3,7-8,10H2,1-2H3,(H,18,19,21). The van der Waals surface area contributed by atoms with E-state index in [0.29, 0.717) is 30.0 Å². The molecular weight excluding hydrogens is 294 g/mol. The monoisotopic (exact) mass is 313 g/mol. The second-order valence-corrected chi connectivity index (χ2v) is 5.59. The zero-order valence-electron chi connectivity index (χ0n) is 13.3. The number of nitrogens with one attached hydrogen (secondary N) is 1. The van der Waals surface area contributed by atoms with Gasteiger partial charge >= 0.3 is 0 Å². The van der Waals surface area contributed by atoms with Crippen LogP contribution in [-0.4, -0.2) is 33.9 Å². The van der Waals surface area contributed by atoms with E-state index in [1.54, 1.807) is 11.0 Å². The van der Waals surface area contributed by atoms with Crippen LogP contribution < -0.4 is 10.3 Å². The zero-order chi connectivity index (χ0) is 16.4. The summed E-state index contributed by atoms with van der Waals surface area (Å²) < 4.78 is 5.52. The molecule has 23 heavy (non-hydrogen) atoms. The van der Waals surface area contributed by atoms with E-state index < -0.39 is 0 Å². The van der Waals surface area contributed by atoms with Gasteiger partial charge in [0, 0.05) is 12.0 Å². The van der Waals surface area contributed by atoms with E-state index in [0.717, 1.165) is 5.56 Å². The number of fused-ring (bicyclic) bond motifs is 1. The molecule has 1 aromatic heterocycles. The summed E-state index contributed by atoms with van der Waals surface area (Å²) in [7, 11) is 0. The Balaban J connectivity index is 1.93. The first kappa shape index (κ1) is 15.3. The SMILES string of the molecule is CCc1nc2c(c(=O)[nH]1)OCCN(C(=O)c1cccc(C)c1)C2. The molecule has 1 N–H and O–H groups in total. The van der Waals surface area contributed by atoms with Crippen LogP contribution in [0.1, 0.15) is 34.4 Å². The molecule has 1 aliphatic rings. The predicted octanol–water partition coefficient (Wildman–Crippen LogP) is 1.68. The number of benzene rings is 1. The number of aryl methyl sites for hydroxylation is 2. The van der Waals surface area contributed by atoms with Crippen molar-refractivity contribution < 1.29 is 9.53 Å². The molecule has 0 spiro atoms. The quantitative estimate of drug-likeness (QED) is 0.915. The van der Waals surface area contributed by atoms with Crippen molar-refractivity contribution in [2.45, 2.75) is 26.8 Å². The molecule has 0 atom stereocenters. The molecule has 1 aromatic carbocycles. The fourth-order valence-electron chi connectivity index (χ4n) is 2.64. The van der Waals surface area contributed by atoms with Gasteiger partial charge in [-0.15, -0.1) is 0 Å². The number of nitrogens with zero attached hydrogens (tertiary/aromatic N) is 2. The Morgan fingerprint density at radius 2 is 2.26 bits per heavy atom. The molecule has 1 aliphatic heterocycles. The topological polar surface area (TPSA) is 75.3 Å². The largest absolute Gasteiger partial charge is 0.485 e. The number of H-pyrrole nitrogens is 1. The molecule has 120 valence electrons. The minimum atomic E-state index is -0.281. The third kappa shape index (κ3) is 3.11. The third-order valence-corrected chi connectivity index (χ3v) is 3.83. The van der Waals surface area contributed by atoms with Crippen molar-refractivity contribution in [2.24, 2.45) is 0 Å². The van der Waals surface area contributed by atoms with Gasteiger partial charge in [-0.3, -0.25) is 9.59 Å². The zero-order valence-corrected chi connectivity index (χ0v) is 13.3. The van der Waals surface area contributed by atoms with Crippen molar-refractivity contribution >= 4 is 5.91 Å². The summed E-state index contributed by atoms with van der Waals surface area (Å²) >= 11 is 0. The molecule has 0 saturated heterocycles. The summed E-state index contributed by atoms with van der Waals surface area (Å²) in [5, 5.41) is 0. The molecule has 6 heteroatoms. The molecule has 0 radical (unpaired) electrons. The second kappa shape index (κ2) is 6.24. The van der Waals surface area contributed by atoms with E-state index in [1.807, 2.05) is 32.0 Å². The van der Waals surface area contributed by atoms with Crippen molar-refractivity contribution in [2.75, 3.05) is 13.2 Å². The van der Waals surface area contributed by atoms with Gasteiger partial charge in [0.15, 0.2) is 0 Å². The average molecular weight is 313 g/mol. The van der Waals surface area contributed by atoms with Gasteiger partial charge in [0.2, 0.25) is 5.75 Å². The number of amides is 1. The highest BCUT2D eigenvalue weighted by Crippen LogP contribution is 2.19. The summed E-state index contributed by atoms with van der Waals surface area (Å²) in [6.07, 6.45) is 0.619. The molecule has 6 nitrogen and oxygen atoms in total. The Hall–Kier alpha value is -2.63. The van der Waals surface area contributed by atoms with Crippen LogP contribution in [0.4, 0.5) is 0 Å². The molecule has 3 rings (SSSR count). The Morgan fingerprint density at radius 1 is 1.43 bits per heavy atom. The summed E-state index contributed by atoms with van der Waals surface area (Å²) in [4.78, 5) is 33.6. The van der Waals surface area contributed by atoms with Crippen LogP contribution in [-0.2, 0) is 13.0 Å². The molecule has 0 fully saturated rings. The molecule has 2 heterocycles. The lowest BCUT2D eigenvalue weighted by Gasteiger charge is -2.19. The molecule has 2 aromatic rings. The van der Waals surface area contributed by atoms with E-state index in [2.05, 4.69) is 9.97 Å². The first-order valence-corrected chi connectivity index (χ1v) is 7.69. The van der Waals surface area contributed by atoms with Crippen molar-refractivity contribution in [3.8, 4) is 5.75 Å². The summed E-state index contributed by atoms with van der Waals surface area (Å²) in [6, 6.07) is 7.47. The van der Waals surface area contributed by atoms with Gasteiger partial charge < -0.3 is 14.6 Å². The number of rotatable bonds is 2. The van der Waals surface area contributed by atoms with Crippen molar-refractivity contribution in [1.82, 2.24) is 14.9 Å². The summed E-state index contributed by atoms with van der Waals surface area (Å²) in [5.74, 6) is 0.745. The van der Waals surface area contributed by atoms with Crippen LogP contribution in [0.25, 0.3) is 0 Å². The minimum Gasteiger partial charge on any atom is -0.485 e. The highest BCUT2D eigenvalue weighted by atomic mass is 16.5. The molecule has 0 unspecified atom stereocenters. The van der Waals surface area contributed by atoms with E-state index in [1.165, 1.54) is 0 Å². The van der Waals surface area contributed by atoms with Crippen molar-refractivity contribution in [3.05, 3.63) is 57.3 Å². The van der Waals surface area contributed by atoms with Crippen LogP contribution in [0.5, 0.6) is 5.75 Å². The van der Waals surface area contributed by atoms with Crippen LogP contribution in [0.3, 0.4) is 0 Å². The first-order valence-electron chi connectivity index (χ1n) is 7.69. The normalized spacial score (nSPS) is 13.9. The average Bonchev–Trinajstić information content (AvgIpc) is 2.76. The number of ether oxygens (including phenoxy) is 1. The molecule has 1 amide bonds. The molecule has 0 aliphatic carbocycles. The number of aromatic nitrogens is 2. The highest BCUT2D eigenvalue weighted by Gasteiger charge is 2.24. The Morgan fingerprint density at radius 3 is 3.00 bits per heavy atom. The van der Waals surface area contributed by atoms with Gasteiger partial charge in [0.25, 0.3) is 11.5 Å². The van der Waals surface area contributed by atoms with Crippen molar-refractivity contribution in [1.29, 1.82) is 0 Å². The van der Waals surface area contributed by atoms with Gasteiger partial charge in [0.05, 0.1) is 13.1 Å². The summed E-state index contributed by atoms with van der Waals surface area (Å²) in [6.45, 7) is 4.84. The van der Waals surface area contributed by atoms with Crippen LogP contribution >= 0.6 is 0 Å². The Kier molecular flexibility index (Phi) is 4.14. The maximum absolute atomic E-state index is 12.7. The van der Waals surface area contributed by atoms with Crippen LogP contribution in [0.15, 0.2) is 29.1 Å². The Labute approximate surface area is 134 Å². The van der Waals surface area contributed by atoms with E-state index >= 15 is 0 Å². The third-order valence-electron chi connectivity index (χ3n) is 3.83. The minimum absolute atomic E-state index is 0.0784. The number of carbonyl (C=O) groups is 1. The number of carbonyl (C=O) groups excluding carboxylic acids is 1. The van der Waals surface area contributed by atoms with E-state index in [-0.39, 0.29) is 30.4 Å². The predicted molar refractivity (Wildman–Crippen MR) is 85.7 cm³/mol. The lowest BCUT2D eigenvalue weighted by atomic mass is 10.1. The van der Waals surface area contributed by atoms with Crippen LogP contribution in [0.2, 0.25) is 0 Å². The number of hydrogen-bond acceptors (Lipinski definition) is 4. The number of aromatic amines is 1. The smallest absolute Gasteiger partial charge is 0.293 e. The molecule has 0 bridgehead atoms. The maximum Gasteiger partial charge on any atom is 0.293 e. The van der Waals surface area contributed by atoms with E-state index in [4.69, 9.17) is 4.74 Å². The Bertz CT molecular complexity index is 798. The second-order valence-electron chi connectivity index (χ2n) is 5.59. The lowest BCUT2D eigenvalue weighted by molar-refractivity contribution is 0.0731. The highest BCUT2D eigenvalue weighted by molar-refractivity contribution is 5.94. The first-order chi connectivity index (χ1) is 11.1. The van der Waals surface area contributed by atoms with Gasteiger partial charge in [-0.2, -0.15) is 0 Å². The maximum atomic E-state index is 12.7. The molecular formula is C17H19N3O3. The van der Waals surface area contributed by atoms with Gasteiger partial charge in [-0.05, 0) is 19.1 Å². The van der Waals surface area contributed by atoms with Crippen LogP contribution in [0, 0.1) is 6.92 Å². The van der Waals surface area contributed by atoms with Gasteiger partial charge in [-0.1, -0.05) is 24.6 Å². The van der Waals surface area contributed by atoms with Crippen molar-refractivity contribution in [3.63, 3.8) is 0 Å². The number of hydrogen-bond donors (Lipinski definition) is 1. The lowest BCUT2D eigenvalue weighted by Crippen LogP contribution is -2.32. The van der Waals surface area contributed by atoms with Gasteiger partial charge in [0.1, 0.15) is 18.1 Å². The molecule has 0 saturated carbocycles.